The average Bonchev–Trinajstić information content (AvgIpc) is 3.15. The Morgan fingerprint density at radius 3 is 3.00 bits per heavy atom. The second-order valence-electron chi connectivity index (χ2n) is 5.36. The number of carbonyl (C=O) groups is 2. The first-order valence-corrected chi connectivity index (χ1v) is 6.68. The van der Waals surface area contributed by atoms with Crippen LogP contribution in [-0.2, 0) is 14.3 Å². The number of amides is 2. The Balaban J connectivity index is 1.72. The number of nitrogens with zero attached hydrogens (tertiary/aromatic N) is 1. The highest BCUT2D eigenvalue weighted by atomic mass is 16.8. The van der Waals surface area contributed by atoms with Crippen molar-refractivity contribution in [2.45, 2.75) is 38.3 Å². The van der Waals surface area contributed by atoms with E-state index in [1.54, 1.807) is 0 Å². The van der Waals surface area contributed by atoms with Gasteiger partial charge in [-0.3, -0.25) is 14.9 Å². The highest BCUT2D eigenvalue weighted by molar-refractivity contribution is 6.02. The van der Waals surface area contributed by atoms with Gasteiger partial charge in [0, 0.05) is 6.42 Å². The quantitative estimate of drug-likeness (QED) is 0.602. The Morgan fingerprint density at radius 1 is 1.35 bits per heavy atom. The highest BCUT2D eigenvalue weighted by Gasteiger charge is 2.54. The Hall–Kier alpha value is -2.08. The fourth-order valence-electron chi connectivity index (χ4n) is 2.86. The normalized spacial score (nSPS) is 31.1. The molecular weight excluding hydrogens is 260 g/mol. The van der Waals surface area contributed by atoms with Crippen molar-refractivity contribution >= 4 is 17.5 Å². The maximum Gasteiger partial charge on any atom is 0.249 e. The summed E-state index contributed by atoms with van der Waals surface area (Å²) in [6.07, 6.45) is 0.320. The molecule has 2 fully saturated rings. The summed E-state index contributed by atoms with van der Waals surface area (Å²) in [5, 5.41) is 2.39. The molecule has 3 aliphatic heterocycles. The molecule has 0 radical (unpaired) electrons. The summed E-state index contributed by atoms with van der Waals surface area (Å²) in [7, 11) is 0. The second-order valence-corrected chi connectivity index (χ2v) is 5.36. The van der Waals surface area contributed by atoms with Crippen molar-refractivity contribution in [1.29, 1.82) is 0 Å². The number of anilines is 1. The van der Waals surface area contributed by atoms with Crippen LogP contribution in [0, 0.1) is 6.92 Å². The van der Waals surface area contributed by atoms with E-state index >= 15 is 0 Å². The summed E-state index contributed by atoms with van der Waals surface area (Å²) in [6.45, 7) is 1.99. The van der Waals surface area contributed by atoms with Gasteiger partial charge in [0.2, 0.25) is 18.1 Å². The number of epoxide rings is 1. The molecule has 20 heavy (non-hydrogen) atoms. The molecule has 104 valence electrons. The number of imide groups is 1. The van der Waals surface area contributed by atoms with Gasteiger partial charge in [0.15, 0.2) is 6.23 Å². The molecular formula is C14H14N2O4. The first-order valence-electron chi connectivity index (χ1n) is 6.68. The smallest absolute Gasteiger partial charge is 0.249 e. The Morgan fingerprint density at radius 2 is 2.20 bits per heavy atom. The summed E-state index contributed by atoms with van der Waals surface area (Å²) in [6, 6.07) is 5.47. The van der Waals surface area contributed by atoms with E-state index < -0.39 is 0 Å². The molecule has 6 heteroatoms. The van der Waals surface area contributed by atoms with Gasteiger partial charge in [-0.25, -0.2) is 0 Å². The predicted octanol–water partition coefficient (Wildman–Crippen LogP) is 0.681. The SMILES string of the molecule is Cc1ccc2c(c1)OC1OC1N2[C@H]1CCC(=O)NC1=O. The molecule has 6 nitrogen and oxygen atoms in total. The summed E-state index contributed by atoms with van der Waals surface area (Å²) < 4.78 is 11.2. The van der Waals surface area contributed by atoms with Crippen LogP contribution in [0.25, 0.3) is 0 Å². The van der Waals surface area contributed by atoms with E-state index in [2.05, 4.69) is 5.32 Å². The predicted molar refractivity (Wildman–Crippen MR) is 69.1 cm³/mol. The molecule has 4 rings (SSSR count). The van der Waals surface area contributed by atoms with Gasteiger partial charge in [-0.15, -0.1) is 0 Å². The van der Waals surface area contributed by atoms with Gasteiger partial charge in [-0.1, -0.05) is 6.07 Å². The van der Waals surface area contributed by atoms with Gasteiger partial charge in [0.25, 0.3) is 0 Å². The van der Waals surface area contributed by atoms with Gasteiger partial charge < -0.3 is 14.4 Å². The van der Waals surface area contributed by atoms with Crippen LogP contribution in [0.2, 0.25) is 0 Å². The molecule has 1 aromatic rings. The Kier molecular flexibility index (Phi) is 2.32. The number of benzene rings is 1. The second kappa shape index (κ2) is 3.96. The molecule has 2 saturated heterocycles. The van der Waals surface area contributed by atoms with E-state index in [0.29, 0.717) is 12.8 Å². The number of carbonyl (C=O) groups excluding carboxylic acids is 2. The molecule has 2 unspecified atom stereocenters. The molecule has 1 N–H and O–H groups in total. The molecule has 0 saturated carbocycles. The van der Waals surface area contributed by atoms with Crippen LogP contribution < -0.4 is 15.0 Å². The molecule has 0 spiro atoms. The molecule has 0 aromatic heterocycles. The number of fused-ring (bicyclic) bond motifs is 2. The minimum Gasteiger partial charge on any atom is -0.458 e. The minimum absolute atomic E-state index is 0.211. The molecule has 0 aliphatic carbocycles. The molecule has 1 aromatic carbocycles. The van der Waals surface area contributed by atoms with Crippen molar-refractivity contribution in [2.24, 2.45) is 0 Å². The number of hydrogen-bond donors (Lipinski definition) is 1. The average molecular weight is 274 g/mol. The maximum absolute atomic E-state index is 12.1. The molecule has 3 atom stereocenters. The van der Waals surface area contributed by atoms with E-state index in [4.69, 9.17) is 9.47 Å². The monoisotopic (exact) mass is 274 g/mol. The summed E-state index contributed by atoms with van der Waals surface area (Å²) in [4.78, 5) is 25.3. The highest BCUT2D eigenvalue weighted by Crippen LogP contribution is 2.45. The minimum atomic E-state index is -0.381. The first-order chi connectivity index (χ1) is 9.63. The molecule has 0 bridgehead atoms. The van der Waals surface area contributed by atoms with Gasteiger partial charge in [0.1, 0.15) is 11.8 Å². The fraction of sp³-hybridized carbons (Fsp3) is 0.429. The zero-order chi connectivity index (χ0) is 13.9. The number of aryl methyl sites for hydroxylation is 1. The van der Waals surface area contributed by atoms with Crippen LogP contribution in [0.3, 0.4) is 0 Å². The fourth-order valence-corrected chi connectivity index (χ4v) is 2.86. The van der Waals surface area contributed by atoms with Crippen molar-refractivity contribution in [3.05, 3.63) is 23.8 Å². The van der Waals surface area contributed by atoms with Crippen LogP contribution >= 0.6 is 0 Å². The topological polar surface area (TPSA) is 71.2 Å². The van der Waals surface area contributed by atoms with Gasteiger partial charge in [0.05, 0.1) is 5.69 Å². The van der Waals surface area contributed by atoms with Crippen molar-refractivity contribution in [3.8, 4) is 5.75 Å². The first kappa shape index (κ1) is 11.7. The van der Waals surface area contributed by atoms with E-state index in [1.165, 1.54) is 0 Å². The summed E-state index contributed by atoms with van der Waals surface area (Å²) in [5.41, 5.74) is 1.94. The Labute approximate surface area is 115 Å². The zero-order valence-electron chi connectivity index (χ0n) is 11.0. The third kappa shape index (κ3) is 1.68. The van der Waals surface area contributed by atoms with Crippen molar-refractivity contribution in [2.75, 3.05) is 4.90 Å². The van der Waals surface area contributed by atoms with Crippen molar-refractivity contribution in [1.82, 2.24) is 5.32 Å². The maximum atomic E-state index is 12.1. The largest absolute Gasteiger partial charge is 0.458 e. The standard InChI is InChI=1S/C14H14N2O4/c1-7-2-3-8-10(6-7)19-14-13(20-14)16(8)9-4-5-11(17)15-12(9)18/h2-3,6,9,13-14H,4-5H2,1H3,(H,15,17,18)/t9-,13?,14?/m0/s1. The number of hydrogen-bond acceptors (Lipinski definition) is 5. The Bertz CT molecular complexity index is 615. The zero-order valence-corrected chi connectivity index (χ0v) is 11.0. The summed E-state index contributed by atoms with van der Waals surface area (Å²) in [5.74, 6) is 0.259. The van der Waals surface area contributed by atoms with Crippen LogP contribution in [0.15, 0.2) is 18.2 Å². The van der Waals surface area contributed by atoms with E-state index in [1.807, 2.05) is 30.0 Å². The lowest BCUT2D eigenvalue weighted by Gasteiger charge is -2.36. The summed E-state index contributed by atoms with van der Waals surface area (Å²) >= 11 is 0. The number of nitrogens with one attached hydrogen (secondary N) is 1. The lowest BCUT2D eigenvalue weighted by atomic mass is 10.0. The van der Waals surface area contributed by atoms with Crippen LogP contribution in [0.5, 0.6) is 5.75 Å². The molecule has 3 aliphatic rings. The third-order valence-corrected chi connectivity index (χ3v) is 3.89. The van der Waals surface area contributed by atoms with Crippen LogP contribution in [-0.4, -0.2) is 30.4 Å². The molecule has 3 heterocycles. The van der Waals surface area contributed by atoms with Crippen molar-refractivity contribution < 1.29 is 19.1 Å². The third-order valence-electron chi connectivity index (χ3n) is 3.89. The molecule has 2 amide bonds. The van der Waals surface area contributed by atoms with Crippen LogP contribution in [0.1, 0.15) is 18.4 Å². The lowest BCUT2D eigenvalue weighted by Crippen LogP contribution is -2.55. The van der Waals surface area contributed by atoms with Crippen LogP contribution in [0.4, 0.5) is 5.69 Å². The number of piperidine rings is 1. The number of ether oxygens (including phenoxy) is 2. The number of rotatable bonds is 1. The lowest BCUT2D eigenvalue weighted by molar-refractivity contribution is -0.134. The van der Waals surface area contributed by atoms with Crippen molar-refractivity contribution in [3.63, 3.8) is 0 Å². The van der Waals surface area contributed by atoms with E-state index in [-0.39, 0.29) is 30.4 Å². The van der Waals surface area contributed by atoms with E-state index in [9.17, 15) is 9.59 Å². The van der Waals surface area contributed by atoms with Gasteiger partial charge in [-0.2, -0.15) is 0 Å². The van der Waals surface area contributed by atoms with E-state index in [0.717, 1.165) is 17.0 Å². The van der Waals surface area contributed by atoms with Gasteiger partial charge in [-0.05, 0) is 31.0 Å². The van der Waals surface area contributed by atoms with Gasteiger partial charge >= 0.3 is 0 Å².